The summed E-state index contributed by atoms with van der Waals surface area (Å²) in [5.41, 5.74) is -0.0634. The fourth-order valence-electron chi connectivity index (χ4n) is 3.20. The van der Waals surface area contributed by atoms with E-state index in [2.05, 4.69) is 10.3 Å². The Morgan fingerprint density at radius 2 is 1.87 bits per heavy atom. The van der Waals surface area contributed by atoms with Crippen molar-refractivity contribution in [2.75, 3.05) is 5.32 Å². The SMILES string of the molecule is Cc1c(F)ccc(-c2csc(NC(=O)Cc3csc4c3c(=O)n(C)c(=O)n4C)n2)c1F. The number of carbonyl (C=O) groups excluding carboxylic acids is 1. The van der Waals surface area contributed by atoms with E-state index in [0.717, 1.165) is 15.9 Å². The van der Waals surface area contributed by atoms with Gasteiger partial charge in [0, 0.05) is 30.6 Å². The number of thiophene rings is 1. The van der Waals surface area contributed by atoms with E-state index in [1.54, 1.807) is 17.8 Å². The average molecular weight is 463 g/mol. The first-order chi connectivity index (χ1) is 14.7. The van der Waals surface area contributed by atoms with Crippen molar-refractivity contribution in [3.05, 3.63) is 66.5 Å². The van der Waals surface area contributed by atoms with Crippen LogP contribution < -0.4 is 16.6 Å². The van der Waals surface area contributed by atoms with Crippen molar-refractivity contribution in [2.45, 2.75) is 13.3 Å². The van der Waals surface area contributed by atoms with Crippen molar-refractivity contribution < 1.29 is 13.6 Å². The zero-order valence-corrected chi connectivity index (χ0v) is 18.3. The van der Waals surface area contributed by atoms with Gasteiger partial charge >= 0.3 is 5.69 Å². The van der Waals surface area contributed by atoms with Gasteiger partial charge in [-0.3, -0.25) is 18.7 Å². The molecule has 0 unspecified atom stereocenters. The fraction of sp³-hybridized carbons (Fsp3) is 0.200. The smallest absolute Gasteiger partial charge is 0.302 e. The number of amides is 1. The summed E-state index contributed by atoms with van der Waals surface area (Å²) < 4.78 is 30.2. The third kappa shape index (κ3) is 3.59. The van der Waals surface area contributed by atoms with Crippen molar-refractivity contribution in [1.82, 2.24) is 14.1 Å². The summed E-state index contributed by atoms with van der Waals surface area (Å²) in [6.45, 7) is 1.34. The monoisotopic (exact) mass is 462 g/mol. The standard InChI is InChI=1S/C20H16F2N4O3S2/c1-9-12(21)5-4-11(16(9)22)13-8-31-19(23-13)24-14(27)6-10-7-30-18-15(10)17(28)25(2)20(29)26(18)3/h4-5,7-8H,6H2,1-3H3,(H,23,24,27). The lowest BCUT2D eigenvalue weighted by Gasteiger charge is -2.05. The molecule has 0 aliphatic rings. The molecule has 4 aromatic rings. The third-order valence-electron chi connectivity index (χ3n) is 4.94. The molecule has 7 nitrogen and oxygen atoms in total. The molecule has 11 heteroatoms. The Morgan fingerprint density at radius 1 is 1.13 bits per heavy atom. The average Bonchev–Trinajstić information content (AvgIpc) is 3.36. The summed E-state index contributed by atoms with van der Waals surface area (Å²) in [5.74, 6) is -1.75. The Balaban J connectivity index is 1.58. The highest BCUT2D eigenvalue weighted by molar-refractivity contribution is 7.17. The summed E-state index contributed by atoms with van der Waals surface area (Å²) in [4.78, 5) is 41.8. The molecule has 0 aliphatic carbocycles. The van der Waals surface area contributed by atoms with Crippen molar-refractivity contribution in [1.29, 1.82) is 0 Å². The van der Waals surface area contributed by atoms with E-state index in [4.69, 9.17) is 0 Å². The molecular weight excluding hydrogens is 446 g/mol. The minimum Gasteiger partial charge on any atom is -0.302 e. The fourth-order valence-corrected chi connectivity index (χ4v) is 4.96. The number of hydrogen-bond acceptors (Lipinski definition) is 6. The quantitative estimate of drug-likeness (QED) is 0.505. The highest BCUT2D eigenvalue weighted by atomic mass is 32.1. The highest BCUT2D eigenvalue weighted by Crippen LogP contribution is 2.29. The second kappa shape index (κ2) is 7.82. The Kier molecular flexibility index (Phi) is 5.31. The molecule has 0 bridgehead atoms. The van der Waals surface area contributed by atoms with Gasteiger partial charge in [-0.2, -0.15) is 0 Å². The third-order valence-corrected chi connectivity index (χ3v) is 6.80. The lowest BCUT2D eigenvalue weighted by atomic mass is 10.1. The number of aromatic nitrogens is 3. The minimum atomic E-state index is -0.700. The summed E-state index contributed by atoms with van der Waals surface area (Å²) >= 11 is 2.32. The number of anilines is 1. The largest absolute Gasteiger partial charge is 0.331 e. The Labute approximate surface area is 182 Å². The van der Waals surface area contributed by atoms with Crippen LogP contribution in [0.25, 0.3) is 21.5 Å². The van der Waals surface area contributed by atoms with Crippen LogP contribution in [0.2, 0.25) is 0 Å². The van der Waals surface area contributed by atoms with E-state index < -0.39 is 28.8 Å². The van der Waals surface area contributed by atoms with Crippen LogP contribution in [-0.2, 0) is 25.3 Å². The molecule has 160 valence electrons. The molecule has 0 saturated heterocycles. The van der Waals surface area contributed by atoms with E-state index in [9.17, 15) is 23.2 Å². The Bertz CT molecular complexity index is 1470. The number of fused-ring (bicyclic) bond motifs is 1. The maximum absolute atomic E-state index is 14.3. The molecule has 1 N–H and O–H groups in total. The second-order valence-corrected chi connectivity index (χ2v) is 8.66. The molecule has 0 saturated carbocycles. The number of nitrogens with zero attached hydrogens (tertiary/aromatic N) is 3. The van der Waals surface area contributed by atoms with E-state index in [-0.39, 0.29) is 28.4 Å². The second-order valence-electron chi connectivity index (χ2n) is 6.94. The van der Waals surface area contributed by atoms with Crippen LogP contribution in [0.15, 0.2) is 32.5 Å². The number of benzene rings is 1. The summed E-state index contributed by atoms with van der Waals surface area (Å²) in [6, 6.07) is 2.47. The molecule has 31 heavy (non-hydrogen) atoms. The van der Waals surface area contributed by atoms with Crippen molar-refractivity contribution in [3.63, 3.8) is 0 Å². The van der Waals surface area contributed by atoms with Gasteiger partial charge in [-0.05, 0) is 30.0 Å². The van der Waals surface area contributed by atoms with E-state index >= 15 is 0 Å². The van der Waals surface area contributed by atoms with E-state index in [0.29, 0.717) is 15.8 Å². The van der Waals surface area contributed by atoms with Gasteiger partial charge in [0.2, 0.25) is 5.91 Å². The van der Waals surface area contributed by atoms with E-state index in [1.807, 2.05) is 0 Å². The minimum absolute atomic E-state index is 0.0909. The van der Waals surface area contributed by atoms with Crippen LogP contribution in [0.4, 0.5) is 13.9 Å². The lowest BCUT2D eigenvalue weighted by molar-refractivity contribution is -0.115. The molecule has 0 fully saturated rings. The molecule has 4 rings (SSSR count). The zero-order valence-electron chi connectivity index (χ0n) is 16.7. The molecule has 0 atom stereocenters. The molecular formula is C20H16F2N4O3S2. The predicted octanol–water partition coefficient (Wildman–Crippen LogP) is 3.19. The number of hydrogen-bond donors (Lipinski definition) is 1. The van der Waals surface area contributed by atoms with Gasteiger partial charge < -0.3 is 5.32 Å². The number of carbonyl (C=O) groups is 1. The summed E-state index contributed by atoms with van der Waals surface area (Å²) in [7, 11) is 2.96. The number of nitrogens with one attached hydrogen (secondary N) is 1. The Morgan fingerprint density at radius 3 is 2.61 bits per heavy atom. The van der Waals surface area contributed by atoms with Gasteiger partial charge in [0.1, 0.15) is 16.5 Å². The van der Waals surface area contributed by atoms with Gasteiger partial charge in [-0.15, -0.1) is 22.7 Å². The van der Waals surface area contributed by atoms with Gasteiger partial charge in [0.15, 0.2) is 5.13 Å². The van der Waals surface area contributed by atoms with E-state index in [1.165, 1.54) is 42.0 Å². The van der Waals surface area contributed by atoms with Crippen LogP contribution in [0, 0.1) is 18.6 Å². The van der Waals surface area contributed by atoms with Gasteiger partial charge in [0.05, 0.1) is 17.5 Å². The number of halogens is 2. The van der Waals surface area contributed by atoms with Crippen LogP contribution in [0.1, 0.15) is 11.1 Å². The molecule has 0 aliphatic heterocycles. The molecule has 3 heterocycles. The van der Waals surface area contributed by atoms with Crippen LogP contribution >= 0.6 is 22.7 Å². The zero-order chi connectivity index (χ0) is 22.4. The van der Waals surface area contributed by atoms with Gasteiger partial charge in [0.25, 0.3) is 5.56 Å². The van der Waals surface area contributed by atoms with Crippen LogP contribution in [-0.4, -0.2) is 20.0 Å². The first-order valence-corrected chi connectivity index (χ1v) is 10.8. The Hall–Kier alpha value is -3.18. The van der Waals surface area contributed by atoms with Crippen molar-refractivity contribution in [3.8, 4) is 11.3 Å². The summed E-state index contributed by atoms with van der Waals surface area (Å²) in [5, 5.41) is 6.46. The van der Waals surface area contributed by atoms with Gasteiger partial charge in [-0.1, -0.05) is 0 Å². The first kappa shape index (κ1) is 21.1. The topological polar surface area (TPSA) is 86.0 Å². The maximum atomic E-state index is 14.3. The number of aryl methyl sites for hydroxylation is 1. The van der Waals surface area contributed by atoms with Crippen molar-refractivity contribution >= 4 is 43.9 Å². The normalized spacial score (nSPS) is 11.3. The lowest BCUT2D eigenvalue weighted by Crippen LogP contribution is -2.36. The number of rotatable bonds is 4. The van der Waals surface area contributed by atoms with Crippen LogP contribution in [0.5, 0.6) is 0 Å². The molecule has 1 amide bonds. The first-order valence-electron chi connectivity index (χ1n) is 9.05. The molecule has 1 aromatic carbocycles. The predicted molar refractivity (Wildman–Crippen MR) is 117 cm³/mol. The molecule has 0 radical (unpaired) electrons. The van der Waals surface area contributed by atoms with Gasteiger partial charge in [-0.25, -0.2) is 18.6 Å². The van der Waals surface area contributed by atoms with Crippen molar-refractivity contribution in [2.24, 2.45) is 14.1 Å². The molecule has 0 spiro atoms. The van der Waals surface area contributed by atoms with Crippen LogP contribution in [0.3, 0.4) is 0 Å². The maximum Gasteiger partial charge on any atom is 0.331 e. The molecule has 3 aromatic heterocycles. The summed E-state index contributed by atoms with van der Waals surface area (Å²) in [6.07, 6.45) is -0.0909. The number of thiazole rings is 1. The highest BCUT2D eigenvalue weighted by Gasteiger charge is 2.18.